The van der Waals surface area contributed by atoms with Crippen LogP contribution >= 0.6 is 11.6 Å². The van der Waals surface area contributed by atoms with Crippen molar-refractivity contribution in [1.29, 1.82) is 5.26 Å². The molecule has 6 nitrogen and oxygen atoms in total. The number of nitrogens with zero attached hydrogens (tertiary/aromatic N) is 3. The lowest BCUT2D eigenvalue weighted by molar-refractivity contribution is -0.145. The van der Waals surface area contributed by atoms with Gasteiger partial charge in [-0.15, -0.1) is 0 Å². The number of benzene rings is 1. The Bertz CT molecular complexity index is 675. The molecule has 7 heteroatoms. The van der Waals surface area contributed by atoms with E-state index in [0.717, 1.165) is 0 Å². The second-order valence-corrected chi connectivity index (χ2v) is 4.46. The standard InChI is InChI=1S/C13H11ClN4O2/c14-12-3-9(4-15)1-2-10(12)8-20-13(19)7-18-6-11(16)5-17-18/h1-3,5-6H,7-8,16H2. The van der Waals surface area contributed by atoms with Crippen molar-refractivity contribution in [2.75, 3.05) is 5.73 Å². The van der Waals surface area contributed by atoms with Crippen LogP contribution in [0.4, 0.5) is 5.69 Å². The molecule has 2 aromatic rings. The summed E-state index contributed by atoms with van der Waals surface area (Å²) in [4.78, 5) is 11.6. The van der Waals surface area contributed by atoms with E-state index in [1.54, 1.807) is 12.1 Å². The predicted molar refractivity (Wildman–Crippen MR) is 72.6 cm³/mol. The van der Waals surface area contributed by atoms with E-state index < -0.39 is 5.97 Å². The lowest BCUT2D eigenvalue weighted by atomic mass is 10.1. The number of esters is 1. The van der Waals surface area contributed by atoms with Crippen LogP contribution in [0.2, 0.25) is 5.02 Å². The number of hydrogen-bond acceptors (Lipinski definition) is 5. The average molecular weight is 291 g/mol. The monoisotopic (exact) mass is 290 g/mol. The average Bonchev–Trinajstić information content (AvgIpc) is 2.82. The fourth-order valence-electron chi connectivity index (χ4n) is 1.54. The third-order valence-electron chi connectivity index (χ3n) is 2.52. The van der Waals surface area contributed by atoms with Gasteiger partial charge in [-0.05, 0) is 12.1 Å². The number of nitrogen functional groups attached to an aromatic ring is 1. The highest BCUT2D eigenvalue weighted by Gasteiger charge is 2.08. The number of ether oxygens (including phenoxy) is 1. The van der Waals surface area contributed by atoms with Crippen LogP contribution in [-0.2, 0) is 22.7 Å². The molecule has 102 valence electrons. The normalized spacial score (nSPS) is 10.0. The van der Waals surface area contributed by atoms with Gasteiger partial charge < -0.3 is 10.5 Å². The summed E-state index contributed by atoms with van der Waals surface area (Å²) in [6, 6.07) is 6.77. The van der Waals surface area contributed by atoms with Gasteiger partial charge in [0.1, 0.15) is 13.2 Å². The van der Waals surface area contributed by atoms with Gasteiger partial charge in [0.2, 0.25) is 0 Å². The third kappa shape index (κ3) is 3.49. The molecule has 1 aromatic heterocycles. The highest BCUT2D eigenvalue weighted by molar-refractivity contribution is 6.31. The molecule has 0 amide bonds. The fourth-order valence-corrected chi connectivity index (χ4v) is 1.77. The Labute approximate surface area is 120 Å². The van der Waals surface area contributed by atoms with Gasteiger partial charge in [-0.25, -0.2) is 0 Å². The van der Waals surface area contributed by atoms with Crippen molar-refractivity contribution in [1.82, 2.24) is 9.78 Å². The summed E-state index contributed by atoms with van der Waals surface area (Å²) in [5.74, 6) is -0.450. The van der Waals surface area contributed by atoms with Crippen molar-refractivity contribution in [3.63, 3.8) is 0 Å². The second kappa shape index (κ2) is 6.08. The second-order valence-electron chi connectivity index (χ2n) is 4.05. The van der Waals surface area contributed by atoms with Crippen molar-refractivity contribution in [2.45, 2.75) is 13.2 Å². The molecule has 0 saturated heterocycles. The molecule has 0 aliphatic heterocycles. The van der Waals surface area contributed by atoms with E-state index in [-0.39, 0.29) is 13.2 Å². The zero-order valence-corrected chi connectivity index (χ0v) is 11.2. The minimum atomic E-state index is -0.450. The van der Waals surface area contributed by atoms with Crippen molar-refractivity contribution < 1.29 is 9.53 Å². The van der Waals surface area contributed by atoms with Crippen LogP contribution in [0.25, 0.3) is 0 Å². The van der Waals surface area contributed by atoms with E-state index >= 15 is 0 Å². The highest BCUT2D eigenvalue weighted by atomic mass is 35.5. The predicted octanol–water partition coefficient (Wildman–Crippen LogP) is 1.73. The third-order valence-corrected chi connectivity index (χ3v) is 2.87. The molecule has 0 fully saturated rings. The van der Waals surface area contributed by atoms with Gasteiger partial charge in [0, 0.05) is 16.8 Å². The topological polar surface area (TPSA) is 93.9 Å². The molecule has 0 unspecified atom stereocenters. The van der Waals surface area contributed by atoms with E-state index in [2.05, 4.69) is 5.10 Å². The van der Waals surface area contributed by atoms with Gasteiger partial charge in [-0.3, -0.25) is 9.48 Å². The zero-order valence-electron chi connectivity index (χ0n) is 10.4. The van der Waals surface area contributed by atoms with Crippen LogP contribution in [0.3, 0.4) is 0 Å². The molecule has 0 bridgehead atoms. The number of halogens is 1. The Morgan fingerprint density at radius 3 is 2.95 bits per heavy atom. The summed E-state index contributed by atoms with van der Waals surface area (Å²) in [5.41, 5.74) is 7.06. The summed E-state index contributed by atoms with van der Waals surface area (Å²) in [6.45, 7) is 0.0191. The summed E-state index contributed by atoms with van der Waals surface area (Å²) >= 11 is 5.98. The van der Waals surface area contributed by atoms with Crippen LogP contribution in [0.1, 0.15) is 11.1 Å². The zero-order chi connectivity index (χ0) is 14.5. The minimum absolute atomic E-state index is 0.0227. The molecule has 1 heterocycles. The minimum Gasteiger partial charge on any atom is -0.459 e. The quantitative estimate of drug-likeness (QED) is 0.866. The number of aromatic nitrogens is 2. The van der Waals surface area contributed by atoms with Gasteiger partial charge in [-0.2, -0.15) is 10.4 Å². The van der Waals surface area contributed by atoms with Gasteiger partial charge in [-0.1, -0.05) is 17.7 Å². The molecule has 0 spiro atoms. The molecule has 2 rings (SSSR count). The van der Waals surface area contributed by atoms with E-state index in [9.17, 15) is 4.79 Å². The Kier molecular flexibility index (Phi) is 4.23. The largest absolute Gasteiger partial charge is 0.459 e. The molecule has 1 aromatic carbocycles. The summed E-state index contributed by atoms with van der Waals surface area (Å²) in [6.07, 6.45) is 2.99. The van der Waals surface area contributed by atoms with Gasteiger partial charge in [0.05, 0.1) is 23.5 Å². The number of carbonyl (C=O) groups excluding carboxylic acids is 1. The molecule has 0 aliphatic carbocycles. The van der Waals surface area contributed by atoms with Crippen molar-refractivity contribution in [3.05, 3.63) is 46.7 Å². The number of carbonyl (C=O) groups is 1. The lowest BCUT2D eigenvalue weighted by Gasteiger charge is -2.07. The van der Waals surface area contributed by atoms with Crippen LogP contribution in [0.15, 0.2) is 30.6 Å². The molecule has 2 N–H and O–H groups in total. The Hall–Kier alpha value is -2.52. The number of nitriles is 1. The first-order valence-electron chi connectivity index (χ1n) is 5.70. The lowest BCUT2D eigenvalue weighted by Crippen LogP contribution is -2.14. The molecular formula is C13H11ClN4O2. The highest BCUT2D eigenvalue weighted by Crippen LogP contribution is 2.18. The fraction of sp³-hybridized carbons (Fsp3) is 0.154. The van der Waals surface area contributed by atoms with Gasteiger partial charge >= 0.3 is 5.97 Å². The first-order chi connectivity index (χ1) is 9.58. The van der Waals surface area contributed by atoms with Crippen molar-refractivity contribution in [3.8, 4) is 6.07 Å². The first-order valence-corrected chi connectivity index (χ1v) is 6.08. The Morgan fingerprint density at radius 1 is 1.55 bits per heavy atom. The van der Waals surface area contributed by atoms with E-state index in [0.29, 0.717) is 21.8 Å². The first kappa shape index (κ1) is 13.9. The number of rotatable bonds is 4. The summed E-state index contributed by atoms with van der Waals surface area (Å²) in [7, 11) is 0. The van der Waals surface area contributed by atoms with Crippen LogP contribution in [0.5, 0.6) is 0 Å². The molecule has 0 atom stereocenters. The maximum Gasteiger partial charge on any atom is 0.328 e. The van der Waals surface area contributed by atoms with Crippen molar-refractivity contribution in [2.24, 2.45) is 0 Å². The van der Waals surface area contributed by atoms with Crippen molar-refractivity contribution >= 4 is 23.3 Å². The molecular weight excluding hydrogens is 280 g/mol. The maximum absolute atomic E-state index is 11.6. The van der Waals surface area contributed by atoms with Crippen LogP contribution in [-0.4, -0.2) is 15.7 Å². The summed E-state index contributed by atoms with van der Waals surface area (Å²) in [5, 5.41) is 13.0. The number of hydrogen-bond donors (Lipinski definition) is 1. The van der Waals surface area contributed by atoms with E-state index in [1.807, 2.05) is 6.07 Å². The van der Waals surface area contributed by atoms with Gasteiger partial charge in [0.25, 0.3) is 0 Å². The molecule has 0 aliphatic rings. The van der Waals surface area contributed by atoms with E-state index in [1.165, 1.54) is 23.1 Å². The van der Waals surface area contributed by atoms with E-state index in [4.69, 9.17) is 27.3 Å². The molecule has 20 heavy (non-hydrogen) atoms. The smallest absolute Gasteiger partial charge is 0.328 e. The SMILES string of the molecule is N#Cc1ccc(COC(=O)Cn2cc(N)cn2)c(Cl)c1. The summed E-state index contributed by atoms with van der Waals surface area (Å²) < 4.78 is 6.47. The number of anilines is 1. The van der Waals surface area contributed by atoms with Crippen LogP contribution in [0, 0.1) is 11.3 Å². The van der Waals surface area contributed by atoms with Gasteiger partial charge in [0.15, 0.2) is 0 Å². The Balaban J connectivity index is 1.92. The number of nitrogens with two attached hydrogens (primary N) is 1. The van der Waals surface area contributed by atoms with Crippen LogP contribution < -0.4 is 5.73 Å². The molecule has 0 saturated carbocycles. The molecule has 0 radical (unpaired) electrons. The maximum atomic E-state index is 11.6. The Morgan fingerprint density at radius 2 is 2.35 bits per heavy atom.